The van der Waals surface area contributed by atoms with Crippen molar-refractivity contribution < 1.29 is 9.00 Å². The van der Waals surface area contributed by atoms with Gasteiger partial charge in [-0.1, -0.05) is 36.4 Å². The molecule has 3 nitrogen and oxygen atoms in total. The van der Waals surface area contributed by atoms with E-state index in [1.807, 2.05) is 42.7 Å². The van der Waals surface area contributed by atoms with Crippen LogP contribution in [0.1, 0.15) is 5.56 Å². The van der Waals surface area contributed by atoms with E-state index < -0.39 is 16.7 Å². The van der Waals surface area contributed by atoms with Gasteiger partial charge in [0.25, 0.3) is 0 Å². The van der Waals surface area contributed by atoms with Gasteiger partial charge >= 0.3 is 0 Å². The van der Waals surface area contributed by atoms with E-state index in [4.69, 9.17) is 5.73 Å². The summed E-state index contributed by atoms with van der Waals surface area (Å²) in [4.78, 5) is 12.0. The lowest BCUT2D eigenvalue weighted by Gasteiger charge is -2.10. The van der Waals surface area contributed by atoms with Crippen LogP contribution in [0.4, 0.5) is 0 Å². The van der Waals surface area contributed by atoms with E-state index in [-0.39, 0.29) is 5.75 Å². The van der Waals surface area contributed by atoms with Crippen molar-refractivity contribution in [1.82, 2.24) is 0 Å². The van der Waals surface area contributed by atoms with Crippen molar-refractivity contribution in [2.75, 3.05) is 12.0 Å². The summed E-state index contributed by atoms with van der Waals surface area (Å²) in [6.45, 7) is 0. The van der Waals surface area contributed by atoms with Crippen molar-refractivity contribution >= 4 is 28.5 Å². The second-order valence-corrected chi connectivity index (χ2v) is 6.92. The van der Waals surface area contributed by atoms with E-state index in [1.54, 1.807) is 11.8 Å². The minimum Gasteiger partial charge on any atom is -0.369 e. The lowest BCUT2D eigenvalue weighted by Crippen LogP contribution is -2.20. The van der Waals surface area contributed by atoms with E-state index in [0.717, 1.165) is 16.7 Å². The molecule has 0 aromatic heterocycles. The molecule has 0 saturated carbocycles. The van der Waals surface area contributed by atoms with Gasteiger partial charge in [-0.25, -0.2) is 0 Å². The van der Waals surface area contributed by atoms with Gasteiger partial charge in [0, 0.05) is 21.4 Å². The van der Waals surface area contributed by atoms with Crippen LogP contribution in [0.25, 0.3) is 11.1 Å². The summed E-state index contributed by atoms with van der Waals surface area (Å²) in [6.07, 6.45) is 2.03. The number of hydrogen-bond donors (Lipinski definition) is 1. The molecule has 0 aliphatic rings. The molecular formula is C16H17NO2S2. The molecule has 1 atom stereocenters. The van der Waals surface area contributed by atoms with E-state index >= 15 is 0 Å². The van der Waals surface area contributed by atoms with Crippen LogP contribution in [0.2, 0.25) is 0 Å². The number of nitrogens with two attached hydrogens (primary N) is 1. The molecular weight excluding hydrogens is 302 g/mol. The third-order valence-electron chi connectivity index (χ3n) is 3.02. The highest BCUT2D eigenvalue weighted by Gasteiger charge is 2.10. The lowest BCUT2D eigenvalue weighted by molar-refractivity contribution is -0.115. The third kappa shape index (κ3) is 4.44. The maximum Gasteiger partial charge on any atom is 0.230 e. The number of rotatable bonds is 6. The average Bonchev–Trinajstić information content (AvgIpc) is 2.47. The number of hydrogen-bond acceptors (Lipinski definition) is 3. The normalized spacial score (nSPS) is 12.0. The van der Waals surface area contributed by atoms with Crippen LogP contribution in [0.5, 0.6) is 0 Å². The van der Waals surface area contributed by atoms with Gasteiger partial charge < -0.3 is 5.73 Å². The molecule has 5 heteroatoms. The molecule has 0 radical (unpaired) electrons. The highest BCUT2D eigenvalue weighted by atomic mass is 32.2. The maximum absolute atomic E-state index is 11.9. The van der Waals surface area contributed by atoms with Gasteiger partial charge in [-0.05, 0) is 35.1 Å². The Morgan fingerprint density at radius 2 is 1.95 bits per heavy atom. The summed E-state index contributed by atoms with van der Waals surface area (Å²) in [5.74, 6) is -0.294. The van der Waals surface area contributed by atoms with E-state index in [2.05, 4.69) is 12.1 Å². The fourth-order valence-corrected chi connectivity index (χ4v) is 3.58. The Kier molecular flexibility index (Phi) is 5.59. The zero-order valence-corrected chi connectivity index (χ0v) is 13.4. The molecule has 110 valence electrons. The third-order valence-corrected chi connectivity index (χ3v) is 4.98. The summed E-state index contributed by atoms with van der Waals surface area (Å²) in [5, 5.41) is 0. The van der Waals surface area contributed by atoms with Crippen LogP contribution in [-0.4, -0.2) is 22.1 Å². The summed E-state index contributed by atoms with van der Waals surface area (Å²) >= 11 is 1.68. The first-order valence-corrected chi connectivity index (χ1v) is 9.17. The van der Waals surface area contributed by atoms with Crippen molar-refractivity contribution in [1.29, 1.82) is 0 Å². The van der Waals surface area contributed by atoms with E-state index in [9.17, 15) is 9.00 Å². The van der Waals surface area contributed by atoms with Crippen LogP contribution in [0, 0.1) is 0 Å². The number of primary amides is 1. The number of carbonyl (C=O) groups is 1. The quantitative estimate of drug-likeness (QED) is 0.833. The molecule has 2 N–H and O–H groups in total. The van der Waals surface area contributed by atoms with Gasteiger partial charge in [-0.15, -0.1) is 11.8 Å². The molecule has 21 heavy (non-hydrogen) atoms. The van der Waals surface area contributed by atoms with Crippen LogP contribution in [0.15, 0.2) is 53.4 Å². The second kappa shape index (κ2) is 7.43. The predicted octanol–water partition coefficient (Wildman–Crippen LogP) is 2.81. The summed E-state index contributed by atoms with van der Waals surface area (Å²) < 4.78 is 11.9. The Bertz CT molecular complexity index is 671. The monoisotopic (exact) mass is 319 g/mol. The average molecular weight is 319 g/mol. The highest BCUT2D eigenvalue weighted by molar-refractivity contribution is 7.98. The molecule has 2 aromatic carbocycles. The molecule has 2 aromatic rings. The van der Waals surface area contributed by atoms with Crippen molar-refractivity contribution in [3.05, 3.63) is 54.1 Å². The Morgan fingerprint density at radius 3 is 2.67 bits per heavy atom. The molecule has 1 amide bonds. The maximum atomic E-state index is 11.9. The smallest absolute Gasteiger partial charge is 0.230 e. The highest BCUT2D eigenvalue weighted by Crippen LogP contribution is 2.28. The minimum atomic E-state index is -1.27. The van der Waals surface area contributed by atoms with Crippen LogP contribution >= 0.6 is 11.8 Å². The molecule has 0 unspecified atom stereocenters. The zero-order chi connectivity index (χ0) is 15.2. The molecule has 0 heterocycles. The van der Waals surface area contributed by atoms with Crippen molar-refractivity contribution in [2.24, 2.45) is 5.73 Å². The van der Waals surface area contributed by atoms with Gasteiger partial charge in [0.15, 0.2) is 0 Å². The number of benzene rings is 2. The molecule has 0 spiro atoms. The Labute approximate surface area is 131 Å². The fourth-order valence-electron chi connectivity index (χ4n) is 2.10. The Balaban J connectivity index is 2.32. The number of amides is 1. The fraction of sp³-hybridized carbons (Fsp3) is 0.188. The number of carbonyl (C=O) groups excluding carboxylic acids is 1. The van der Waals surface area contributed by atoms with Gasteiger partial charge in [-0.3, -0.25) is 9.00 Å². The first kappa shape index (κ1) is 15.8. The summed E-state index contributed by atoms with van der Waals surface area (Å²) in [6, 6.07) is 16.0. The topological polar surface area (TPSA) is 60.2 Å². The van der Waals surface area contributed by atoms with Crippen LogP contribution in [-0.2, 0) is 21.3 Å². The van der Waals surface area contributed by atoms with Crippen molar-refractivity contribution in [3.63, 3.8) is 0 Å². The zero-order valence-electron chi connectivity index (χ0n) is 11.7. The first-order chi connectivity index (χ1) is 10.1. The van der Waals surface area contributed by atoms with Gasteiger partial charge in [-0.2, -0.15) is 0 Å². The van der Waals surface area contributed by atoms with Crippen LogP contribution in [0.3, 0.4) is 0 Å². The van der Waals surface area contributed by atoms with Gasteiger partial charge in [0.2, 0.25) is 5.91 Å². The van der Waals surface area contributed by atoms with Crippen LogP contribution < -0.4 is 5.73 Å². The summed E-state index contributed by atoms with van der Waals surface area (Å²) in [7, 11) is -1.27. The first-order valence-electron chi connectivity index (χ1n) is 6.46. The molecule has 0 fully saturated rings. The van der Waals surface area contributed by atoms with E-state index in [0.29, 0.717) is 5.75 Å². The molecule has 0 saturated heterocycles. The van der Waals surface area contributed by atoms with Gasteiger partial charge in [0.05, 0.1) is 0 Å². The Morgan fingerprint density at radius 1 is 1.19 bits per heavy atom. The minimum absolute atomic E-state index is 0.0980. The standard InChI is InChI=1S/C16H17NO2S2/c1-20-14-7-4-6-12(9-14)15-8-3-2-5-13(15)10-21(19)11-16(17)18/h2-9H,10-11H2,1H3,(H2,17,18)/t21-/m1/s1. The lowest BCUT2D eigenvalue weighted by atomic mass is 10.0. The molecule has 0 bridgehead atoms. The van der Waals surface area contributed by atoms with Crippen molar-refractivity contribution in [2.45, 2.75) is 10.6 Å². The van der Waals surface area contributed by atoms with Crippen molar-refractivity contribution in [3.8, 4) is 11.1 Å². The molecule has 0 aliphatic carbocycles. The number of thioether (sulfide) groups is 1. The second-order valence-electron chi connectivity index (χ2n) is 4.58. The predicted molar refractivity (Wildman–Crippen MR) is 89.6 cm³/mol. The summed E-state index contributed by atoms with van der Waals surface area (Å²) in [5.41, 5.74) is 8.21. The largest absolute Gasteiger partial charge is 0.369 e. The SMILES string of the molecule is CSc1cccc(-c2ccccc2C[S@@](=O)CC(N)=O)c1. The molecule has 2 rings (SSSR count). The van der Waals surface area contributed by atoms with E-state index in [1.165, 1.54) is 4.90 Å². The Hall–Kier alpha value is -1.59. The molecule has 0 aliphatic heterocycles. The van der Waals surface area contributed by atoms with Gasteiger partial charge in [0.1, 0.15) is 5.75 Å².